The van der Waals surface area contributed by atoms with E-state index in [0.29, 0.717) is 8.37 Å². The molecule has 0 bridgehead atoms. The minimum atomic E-state index is 0.0370. The van der Waals surface area contributed by atoms with Crippen molar-refractivity contribution < 1.29 is 9.63 Å². The zero-order valence-electron chi connectivity index (χ0n) is 2.92. The molecule has 0 radical (unpaired) electrons. The molecule has 1 rings (SSSR count). The van der Waals surface area contributed by atoms with E-state index in [1.54, 1.807) is 0 Å². The highest BCUT2D eigenvalue weighted by atomic mass is 31.1. The van der Waals surface area contributed by atoms with Gasteiger partial charge in [-0.2, -0.15) is 0 Å². The lowest BCUT2D eigenvalue weighted by Gasteiger charge is -1.70. The van der Waals surface area contributed by atoms with Crippen LogP contribution in [0.4, 0.5) is 0 Å². The summed E-state index contributed by atoms with van der Waals surface area (Å²) >= 11 is 0. The van der Waals surface area contributed by atoms with Crippen molar-refractivity contribution in [3.8, 4) is 0 Å². The third-order valence-electron chi connectivity index (χ3n) is 0.398. The van der Waals surface area contributed by atoms with E-state index in [1.807, 2.05) is 0 Å². The van der Waals surface area contributed by atoms with Crippen molar-refractivity contribution in [2.24, 2.45) is 4.91 Å². The van der Waals surface area contributed by atoms with Crippen molar-refractivity contribution in [1.29, 1.82) is 0 Å². The van der Waals surface area contributed by atoms with Crippen LogP contribution in [0.25, 0.3) is 0 Å². The number of nitrogens with zero attached hydrogens (tertiary/aromatic N) is 1. The minimum absolute atomic E-state index is 0.0370. The number of hydrogen-bond donors (Lipinski definition) is 0. The van der Waals surface area contributed by atoms with E-state index in [1.165, 1.54) is 0 Å². The lowest BCUT2D eigenvalue weighted by molar-refractivity contribution is -0.113. The molecule has 1 aliphatic rings. The average molecular weight is 103 g/mol. The van der Waals surface area contributed by atoms with E-state index in [4.69, 9.17) is 0 Å². The number of rotatable bonds is 0. The van der Waals surface area contributed by atoms with Crippen molar-refractivity contribution in [1.82, 2.24) is 0 Å². The Morgan fingerprint density at radius 2 is 2.83 bits per heavy atom. The Hall–Kier alpha value is -0.270. The second-order valence-electron chi connectivity index (χ2n) is 0.849. The molecular weight excluding hydrogens is 101 g/mol. The molecule has 0 aromatic carbocycles. The van der Waals surface area contributed by atoms with Gasteiger partial charge in [0.1, 0.15) is 15.0 Å². The molecule has 0 N–H and O–H groups in total. The summed E-state index contributed by atoms with van der Waals surface area (Å²) < 4.78 is 0. The molecule has 0 saturated carbocycles. The third-order valence-corrected chi connectivity index (χ3v) is 0.947. The van der Waals surface area contributed by atoms with Gasteiger partial charge in [-0.3, -0.25) is 4.79 Å². The molecule has 0 aliphatic carbocycles. The highest BCUT2D eigenvalue weighted by Crippen LogP contribution is 2.08. The van der Waals surface area contributed by atoms with Crippen LogP contribution >= 0.6 is 8.37 Å². The van der Waals surface area contributed by atoms with Crippen molar-refractivity contribution in [2.75, 3.05) is 6.61 Å². The van der Waals surface area contributed by atoms with E-state index in [9.17, 15) is 4.79 Å². The normalized spacial score (nSPS) is 22.3. The molecule has 6 heavy (non-hydrogen) atoms. The molecule has 0 amide bonds. The molecule has 32 valence electrons. The molecule has 0 saturated heterocycles. The molecule has 0 aromatic heterocycles. The molecule has 0 aromatic rings. The lowest BCUT2D eigenvalue weighted by Crippen LogP contribution is -1.88. The number of hydrogen-bond acceptors (Lipinski definition) is 3. The van der Waals surface area contributed by atoms with Crippen molar-refractivity contribution >= 4 is 13.9 Å². The molecular formula is C2H2NO2P. The molecule has 0 fully saturated rings. The van der Waals surface area contributed by atoms with Crippen molar-refractivity contribution in [3.63, 3.8) is 0 Å². The minimum Gasteiger partial charge on any atom is -0.285 e. The maximum atomic E-state index is 10.0. The summed E-state index contributed by atoms with van der Waals surface area (Å²) in [7, 11) is 0.454. The summed E-state index contributed by atoms with van der Waals surface area (Å²) in [4.78, 5) is 17.6. The topological polar surface area (TPSA) is 38.7 Å². The fourth-order valence-electron chi connectivity index (χ4n) is 0.187. The number of carbonyl (C=O) groups is 1. The van der Waals surface area contributed by atoms with Crippen molar-refractivity contribution in [3.05, 3.63) is 0 Å². The third kappa shape index (κ3) is 0.614. The Balaban J connectivity index is 2.59. The molecule has 0 spiro atoms. The molecule has 0 unspecified atom stereocenters. The van der Waals surface area contributed by atoms with Gasteiger partial charge >= 0.3 is 0 Å². The Bertz CT molecular complexity index is 99.7. The van der Waals surface area contributed by atoms with Crippen LogP contribution in [0.3, 0.4) is 0 Å². The summed E-state index contributed by atoms with van der Waals surface area (Å²) in [6.45, 7) is 0.168. The first kappa shape index (κ1) is 3.90. The largest absolute Gasteiger partial charge is 0.285 e. The lowest BCUT2D eigenvalue weighted by atomic mass is 10.8. The summed E-state index contributed by atoms with van der Waals surface area (Å²) in [5, 5.41) is 0. The van der Waals surface area contributed by atoms with Crippen LogP contribution in [-0.4, -0.2) is 12.1 Å². The first-order valence-corrected chi connectivity index (χ1v) is 2.30. The van der Waals surface area contributed by atoms with Crippen LogP contribution < -0.4 is 0 Å². The van der Waals surface area contributed by atoms with Crippen LogP contribution in [0.15, 0.2) is 4.91 Å². The Morgan fingerprint density at radius 1 is 2.00 bits per heavy atom. The van der Waals surface area contributed by atoms with Crippen LogP contribution in [0.2, 0.25) is 0 Å². The molecule has 4 heteroatoms. The van der Waals surface area contributed by atoms with E-state index < -0.39 is 0 Å². The van der Waals surface area contributed by atoms with Gasteiger partial charge in [-0.15, -0.1) is 4.91 Å². The van der Waals surface area contributed by atoms with Gasteiger partial charge in [0.05, 0.1) is 0 Å². The van der Waals surface area contributed by atoms with Gasteiger partial charge in [-0.05, 0) is 0 Å². The highest BCUT2D eigenvalue weighted by molar-refractivity contribution is 7.48. The molecule has 3 nitrogen and oxygen atoms in total. The summed E-state index contributed by atoms with van der Waals surface area (Å²) in [6.07, 6.45) is 0. The summed E-state index contributed by atoms with van der Waals surface area (Å²) in [5.41, 5.74) is 0.0370. The zero-order chi connectivity index (χ0) is 4.41. The summed E-state index contributed by atoms with van der Waals surface area (Å²) in [6, 6.07) is 0. The fraction of sp³-hybridized carbons (Fsp3) is 0.500. The standard InChI is InChI=1S/C2H2NO2P/c4-2-1-5-3-6-2/h1H2. The molecule has 1 aliphatic heterocycles. The van der Waals surface area contributed by atoms with Crippen LogP contribution in [-0.2, 0) is 9.63 Å². The Morgan fingerprint density at radius 3 is 3.00 bits per heavy atom. The SMILES string of the molecule is O=C1CON=P1. The van der Waals surface area contributed by atoms with Crippen LogP contribution in [0, 0.1) is 0 Å². The van der Waals surface area contributed by atoms with Crippen molar-refractivity contribution in [2.45, 2.75) is 0 Å². The van der Waals surface area contributed by atoms with E-state index in [2.05, 4.69) is 9.75 Å². The first-order valence-electron chi connectivity index (χ1n) is 1.45. The zero-order valence-corrected chi connectivity index (χ0v) is 3.81. The maximum absolute atomic E-state index is 10.0. The average Bonchev–Trinajstić information content (AvgIpc) is 1.86. The van der Waals surface area contributed by atoms with Gasteiger partial charge in [-0.1, -0.05) is 0 Å². The predicted octanol–water partition coefficient (Wildman–Crippen LogP) is 0.588. The van der Waals surface area contributed by atoms with Gasteiger partial charge < -0.3 is 0 Å². The van der Waals surface area contributed by atoms with Gasteiger partial charge in [0.2, 0.25) is 5.52 Å². The van der Waals surface area contributed by atoms with Gasteiger partial charge in [-0.25, -0.2) is 4.84 Å². The summed E-state index contributed by atoms with van der Waals surface area (Å²) in [5.74, 6) is 0. The maximum Gasteiger partial charge on any atom is 0.231 e. The monoisotopic (exact) mass is 103 g/mol. The molecule has 1 heterocycles. The Labute approximate surface area is 36.1 Å². The molecule has 0 atom stereocenters. The van der Waals surface area contributed by atoms with E-state index in [-0.39, 0.29) is 12.1 Å². The fourth-order valence-corrected chi connectivity index (χ4v) is 0.509. The van der Waals surface area contributed by atoms with E-state index >= 15 is 0 Å². The smallest absolute Gasteiger partial charge is 0.231 e. The van der Waals surface area contributed by atoms with E-state index in [0.717, 1.165) is 0 Å². The second-order valence-corrected chi connectivity index (χ2v) is 1.71. The quantitative estimate of drug-likeness (QED) is 0.421. The number of carbonyl (C=O) groups excluding carboxylic acids is 1. The second kappa shape index (κ2) is 1.45. The van der Waals surface area contributed by atoms with Gasteiger partial charge in [0.25, 0.3) is 0 Å². The van der Waals surface area contributed by atoms with Gasteiger partial charge in [0.15, 0.2) is 0 Å². The predicted molar refractivity (Wildman–Crippen MR) is 20.3 cm³/mol. The van der Waals surface area contributed by atoms with Gasteiger partial charge in [0, 0.05) is 0 Å². The van der Waals surface area contributed by atoms with Crippen LogP contribution in [0.1, 0.15) is 0 Å². The Kier molecular flexibility index (Phi) is 0.946. The first-order chi connectivity index (χ1) is 2.89. The van der Waals surface area contributed by atoms with Crippen LogP contribution in [0.5, 0.6) is 0 Å². The highest BCUT2D eigenvalue weighted by Gasteiger charge is 2.03.